The van der Waals surface area contributed by atoms with Crippen LogP contribution in [0.15, 0.2) is 0 Å². The van der Waals surface area contributed by atoms with Crippen LogP contribution in [0.5, 0.6) is 0 Å². The molecule has 2 nitrogen and oxygen atoms in total. The lowest BCUT2D eigenvalue weighted by atomic mass is 9.78. The molecule has 0 saturated heterocycles. The van der Waals surface area contributed by atoms with Crippen molar-refractivity contribution in [2.45, 2.75) is 66.9 Å². The highest BCUT2D eigenvalue weighted by atomic mass is 16.5. The maximum absolute atomic E-state index is 6.02. The van der Waals surface area contributed by atoms with E-state index >= 15 is 0 Å². The Bertz CT molecular complexity index is 197. The van der Waals surface area contributed by atoms with Crippen molar-refractivity contribution in [3.63, 3.8) is 0 Å². The molecule has 0 fully saturated rings. The quantitative estimate of drug-likeness (QED) is 0.621. The second kappa shape index (κ2) is 7.38. The highest BCUT2D eigenvalue weighted by Gasteiger charge is 2.24. The van der Waals surface area contributed by atoms with Crippen molar-refractivity contribution < 1.29 is 4.74 Å². The third kappa shape index (κ3) is 7.77. The third-order valence-electron chi connectivity index (χ3n) is 3.96. The van der Waals surface area contributed by atoms with E-state index in [1.165, 1.54) is 0 Å². The van der Waals surface area contributed by atoms with E-state index in [1.807, 2.05) is 0 Å². The van der Waals surface area contributed by atoms with Crippen molar-refractivity contribution >= 4 is 0 Å². The maximum Gasteiger partial charge on any atom is 0.0638 e. The minimum atomic E-state index is -0.00473. The first kappa shape index (κ1) is 16.9. The third-order valence-corrected chi connectivity index (χ3v) is 3.96. The van der Waals surface area contributed by atoms with Gasteiger partial charge in [-0.1, -0.05) is 34.6 Å². The first-order valence-electron chi connectivity index (χ1n) is 7.06. The summed E-state index contributed by atoms with van der Waals surface area (Å²) in [6.07, 6.45) is 2.21. The molecule has 0 aromatic carbocycles. The molecule has 0 saturated carbocycles. The standard InChI is InChI=1S/C15H33NO/c1-8-16-11-9-15(6,7)17-12-10-14(4,5)13(2)3/h13,16H,8-12H2,1-7H3. The zero-order valence-electron chi connectivity index (χ0n) is 13.0. The van der Waals surface area contributed by atoms with Crippen molar-refractivity contribution in [3.8, 4) is 0 Å². The lowest BCUT2D eigenvalue weighted by Gasteiger charge is -2.32. The summed E-state index contributed by atoms with van der Waals surface area (Å²) in [7, 11) is 0. The van der Waals surface area contributed by atoms with Gasteiger partial charge in [0, 0.05) is 6.61 Å². The van der Waals surface area contributed by atoms with Crippen molar-refractivity contribution in [1.82, 2.24) is 5.32 Å². The molecule has 0 aromatic rings. The Morgan fingerprint density at radius 3 is 2.12 bits per heavy atom. The Labute approximate surface area is 109 Å². The first-order chi connectivity index (χ1) is 7.71. The zero-order valence-corrected chi connectivity index (χ0v) is 13.0. The molecule has 2 heteroatoms. The van der Waals surface area contributed by atoms with Crippen LogP contribution in [-0.4, -0.2) is 25.3 Å². The molecule has 0 unspecified atom stereocenters. The average molecular weight is 243 g/mol. The Kier molecular flexibility index (Phi) is 7.34. The number of ether oxygens (including phenoxy) is 1. The molecule has 0 amide bonds. The van der Waals surface area contributed by atoms with Gasteiger partial charge in [-0.05, 0) is 51.1 Å². The van der Waals surface area contributed by atoms with E-state index in [-0.39, 0.29) is 5.60 Å². The SMILES string of the molecule is CCNCCC(C)(C)OCCC(C)(C)C(C)C. The largest absolute Gasteiger partial charge is 0.376 e. The van der Waals surface area contributed by atoms with Gasteiger partial charge in [-0.2, -0.15) is 0 Å². The molecular weight excluding hydrogens is 210 g/mol. The number of hydrogen-bond donors (Lipinski definition) is 1. The van der Waals surface area contributed by atoms with Crippen LogP contribution in [-0.2, 0) is 4.74 Å². The fraction of sp³-hybridized carbons (Fsp3) is 1.00. The molecule has 0 aromatic heterocycles. The van der Waals surface area contributed by atoms with Gasteiger partial charge < -0.3 is 10.1 Å². The summed E-state index contributed by atoms with van der Waals surface area (Å²) in [4.78, 5) is 0. The summed E-state index contributed by atoms with van der Waals surface area (Å²) < 4.78 is 6.02. The second-order valence-electron chi connectivity index (χ2n) is 6.60. The molecule has 0 aliphatic carbocycles. The lowest BCUT2D eigenvalue weighted by molar-refractivity contribution is -0.0374. The first-order valence-corrected chi connectivity index (χ1v) is 7.06. The minimum Gasteiger partial charge on any atom is -0.376 e. The summed E-state index contributed by atoms with van der Waals surface area (Å²) in [5, 5.41) is 3.35. The Balaban J connectivity index is 3.86. The van der Waals surface area contributed by atoms with Crippen molar-refractivity contribution in [2.75, 3.05) is 19.7 Å². The van der Waals surface area contributed by atoms with Crippen molar-refractivity contribution in [1.29, 1.82) is 0 Å². The molecule has 0 aliphatic rings. The average Bonchev–Trinajstić information content (AvgIpc) is 2.16. The van der Waals surface area contributed by atoms with Gasteiger partial charge >= 0.3 is 0 Å². The van der Waals surface area contributed by atoms with Crippen LogP contribution < -0.4 is 5.32 Å². The minimum absolute atomic E-state index is 0.00473. The molecule has 0 rings (SSSR count). The van der Waals surface area contributed by atoms with E-state index in [9.17, 15) is 0 Å². The van der Waals surface area contributed by atoms with E-state index in [2.05, 4.69) is 53.8 Å². The van der Waals surface area contributed by atoms with Crippen LogP contribution in [0.2, 0.25) is 0 Å². The molecule has 0 heterocycles. The van der Waals surface area contributed by atoms with Crippen LogP contribution in [0.1, 0.15) is 61.3 Å². The van der Waals surface area contributed by atoms with E-state index < -0.39 is 0 Å². The normalized spacial score (nSPS) is 13.4. The number of rotatable bonds is 9. The summed E-state index contributed by atoms with van der Waals surface area (Å²) >= 11 is 0. The van der Waals surface area contributed by atoms with Gasteiger partial charge in [-0.25, -0.2) is 0 Å². The van der Waals surface area contributed by atoms with Gasteiger partial charge in [-0.15, -0.1) is 0 Å². The highest BCUT2D eigenvalue weighted by molar-refractivity contribution is 4.74. The molecule has 0 aliphatic heterocycles. The van der Waals surface area contributed by atoms with Gasteiger partial charge in [0.25, 0.3) is 0 Å². The molecule has 0 radical (unpaired) electrons. The Morgan fingerprint density at radius 2 is 1.65 bits per heavy atom. The van der Waals surface area contributed by atoms with Gasteiger partial charge in [-0.3, -0.25) is 0 Å². The van der Waals surface area contributed by atoms with Gasteiger partial charge in [0.05, 0.1) is 5.60 Å². The van der Waals surface area contributed by atoms with Gasteiger partial charge in [0.15, 0.2) is 0 Å². The number of nitrogens with one attached hydrogen (secondary N) is 1. The molecule has 17 heavy (non-hydrogen) atoms. The second-order valence-corrected chi connectivity index (χ2v) is 6.60. The molecule has 0 atom stereocenters. The summed E-state index contributed by atoms with van der Waals surface area (Å²) in [5.41, 5.74) is 0.368. The molecule has 1 N–H and O–H groups in total. The zero-order chi connectivity index (χ0) is 13.5. The van der Waals surface area contributed by atoms with E-state index in [0.717, 1.165) is 32.5 Å². The van der Waals surface area contributed by atoms with Crippen LogP contribution in [0.3, 0.4) is 0 Å². The Hall–Kier alpha value is -0.0800. The smallest absolute Gasteiger partial charge is 0.0638 e. The van der Waals surface area contributed by atoms with Crippen LogP contribution in [0.25, 0.3) is 0 Å². The van der Waals surface area contributed by atoms with Gasteiger partial charge in [0.1, 0.15) is 0 Å². The van der Waals surface area contributed by atoms with E-state index in [1.54, 1.807) is 0 Å². The predicted molar refractivity (Wildman–Crippen MR) is 76.4 cm³/mol. The molecule has 0 spiro atoms. The van der Waals surface area contributed by atoms with Crippen LogP contribution >= 0.6 is 0 Å². The summed E-state index contributed by atoms with van der Waals surface area (Å²) in [6, 6.07) is 0. The number of hydrogen-bond acceptors (Lipinski definition) is 2. The Morgan fingerprint density at radius 1 is 1.06 bits per heavy atom. The van der Waals surface area contributed by atoms with Crippen molar-refractivity contribution in [3.05, 3.63) is 0 Å². The van der Waals surface area contributed by atoms with Crippen LogP contribution in [0, 0.1) is 11.3 Å². The topological polar surface area (TPSA) is 21.3 Å². The summed E-state index contributed by atoms with van der Waals surface area (Å²) in [6.45, 7) is 18.7. The lowest BCUT2D eigenvalue weighted by Crippen LogP contribution is -2.32. The molecule has 0 bridgehead atoms. The highest BCUT2D eigenvalue weighted by Crippen LogP contribution is 2.30. The fourth-order valence-electron chi connectivity index (χ4n) is 1.52. The predicted octanol–water partition coefficient (Wildman–Crippen LogP) is 3.85. The molecule has 104 valence electrons. The van der Waals surface area contributed by atoms with Crippen molar-refractivity contribution in [2.24, 2.45) is 11.3 Å². The molecular formula is C15H33NO. The van der Waals surface area contributed by atoms with Crippen LogP contribution in [0.4, 0.5) is 0 Å². The maximum atomic E-state index is 6.02. The fourth-order valence-corrected chi connectivity index (χ4v) is 1.52. The monoisotopic (exact) mass is 243 g/mol. The van der Waals surface area contributed by atoms with Gasteiger partial charge in [0.2, 0.25) is 0 Å². The van der Waals surface area contributed by atoms with E-state index in [4.69, 9.17) is 4.74 Å². The summed E-state index contributed by atoms with van der Waals surface area (Å²) in [5.74, 6) is 0.705. The van der Waals surface area contributed by atoms with E-state index in [0.29, 0.717) is 11.3 Å².